The van der Waals surface area contributed by atoms with Crippen LogP contribution in [-0.2, 0) is 12.7 Å². The van der Waals surface area contributed by atoms with Gasteiger partial charge in [0.15, 0.2) is 0 Å². The van der Waals surface area contributed by atoms with Gasteiger partial charge in [-0.25, -0.2) is 9.18 Å². The van der Waals surface area contributed by atoms with Crippen molar-refractivity contribution in [3.63, 3.8) is 0 Å². The van der Waals surface area contributed by atoms with Gasteiger partial charge in [0.05, 0.1) is 29.4 Å². The molecule has 1 aromatic heterocycles. The van der Waals surface area contributed by atoms with E-state index in [0.717, 1.165) is 6.07 Å². The van der Waals surface area contributed by atoms with E-state index >= 15 is 0 Å². The second-order valence-electron chi connectivity index (χ2n) is 5.41. The summed E-state index contributed by atoms with van der Waals surface area (Å²) in [7, 11) is 0. The van der Waals surface area contributed by atoms with Crippen molar-refractivity contribution in [1.29, 1.82) is 5.26 Å². The number of nitrogens with one attached hydrogen (secondary N) is 2. The van der Waals surface area contributed by atoms with E-state index in [1.165, 1.54) is 25.3 Å². The van der Waals surface area contributed by atoms with Crippen LogP contribution in [0.4, 0.5) is 22.4 Å². The average Bonchev–Trinajstić information content (AvgIpc) is 2.59. The van der Waals surface area contributed by atoms with Gasteiger partial charge in [-0.15, -0.1) is 0 Å². The Bertz CT molecular complexity index is 828. The van der Waals surface area contributed by atoms with Gasteiger partial charge in [-0.1, -0.05) is 12.1 Å². The third-order valence-electron chi connectivity index (χ3n) is 3.53. The highest BCUT2D eigenvalue weighted by Gasteiger charge is 2.35. The predicted octanol–water partition coefficient (Wildman–Crippen LogP) is 3.67. The third kappa shape index (κ3) is 4.69. The Labute approximate surface area is 146 Å². The maximum absolute atomic E-state index is 14.1. The SMILES string of the molecule is C[C@H](NC(=O)NCc1ccc(C#N)cn1)c1cccc(C(F)(F)F)c1F. The lowest BCUT2D eigenvalue weighted by Crippen LogP contribution is -2.37. The van der Waals surface area contributed by atoms with E-state index in [4.69, 9.17) is 5.26 Å². The summed E-state index contributed by atoms with van der Waals surface area (Å²) in [6, 6.07) is 6.21. The Balaban J connectivity index is 1.99. The summed E-state index contributed by atoms with van der Waals surface area (Å²) < 4.78 is 52.3. The Kier molecular flexibility index (Phi) is 5.77. The molecule has 0 fully saturated rings. The second kappa shape index (κ2) is 7.82. The van der Waals surface area contributed by atoms with Gasteiger partial charge in [0, 0.05) is 11.8 Å². The van der Waals surface area contributed by atoms with Crippen LogP contribution in [0.3, 0.4) is 0 Å². The maximum atomic E-state index is 14.1. The van der Waals surface area contributed by atoms with Gasteiger partial charge in [-0.05, 0) is 25.1 Å². The Morgan fingerprint density at radius 3 is 2.62 bits per heavy atom. The molecule has 2 aromatic rings. The van der Waals surface area contributed by atoms with Crippen LogP contribution < -0.4 is 10.6 Å². The van der Waals surface area contributed by atoms with Crippen LogP contribution in [-0.4, -0.2) is 11.0 Å². The summed E-state index contributed by atoms with van der Waals surface area (Å²) >= 11 is 0. The van der Waals surface area contributed by atoms with Crippen molar-refractivity contribution in [2.24, 2.45) is 0 Å². The summed E-state index contributed by atoms with van der Waals surface area (Å²) in [5.74, 6) is -1.42. The number of hydrogen-bond donors (Lipinski definition) is 2. The summed E-state index contributed by atoms with van der Waals surface area (Å²) in [4.78, 5) is 15.8. The fourth-order valence-corrected chi connectivity index (χ4v) is 2.19. The minimum absolute atomic E-state index is 0.0370. The molecule has 0 unspecified atom stereocenters. The molecule has 0 saturated carbocycles. The number of urea groups is 1. The number of pyridine rings is 1. The van der Waals surface area contributed by atoms with Crippen molar-refractivity contribution in [1.82, 2.24) is 15.6 Å². The molecular weight excluding hydrogens is 352 g/mol. The molecule has 2 rings (SSSR count). The monoisotopic (exact) mass is 366 g/mol. The van der Waals surface area contributed by atoms with Crippen molar-refractivity contribution in [3.05, 3.63) is 64.7 Å². The number of rotatable bonds is 4. The average molecular weight is 366 g/mol. The molecular formula is C17H14F4N4O. The molecule has 0 aliphatic rings. The number of alkyl halides is 3. The van der Waals surface area contributed by atoms with Gasteiger partial charge < -0.3 is 10.6 Å². The molecule has 0 spiro atoms. The van der Waals surface area contributed by atoms with Crippen LogP contribution in [0.1, 0.15) is 35.3 Å². The lowest BCUT2D eigenvalue weighted by molar-refractivity contribution is -0.140. The van der Waals surface area contributed by atoms with Crippen molar-refractivity contribution in [2.45, 2.75) is 25.7 Å². The lowest BCUT2D eigenvalue weighted by Gasteiger charge is -2.18. The topological polar surface area (TPSA) is 77.8 Å². The number of nitriles is 1. The van der Waals surface area contributed by atoms with Crippen molar-refractivity contribution < 1.29 is 22.4 Å². The second-order valence-corrected chi connectivity index (χ2v) is 5.41. The van der Waals surface area contributed by atoms with Gasteiger partial charge in [-0.3, -0.25) is 4.98 Å². The Morgan fingerprint density at radius 2 is 2.04 bits per heavy atom. The highest BCUT2D eigenvalue weighted by atomic mass is 19.4. The fourth-order valence-electron chi connectivity index (χ4n) is 2.19. The molecule has 0 aliphatic carbocycles. The molecule has 9 heteroatoms. The fraction of sp³-hybridized carbons (Fsp3) is 0.235. The summed E-state index contributed by atoms with van der Waals surface area (Å²) in [6.07, 6.45) is -3.47. The zero-order chi connectivity index (χ0) is 19.3. The van der Waals surface area contributed by atoms with Crippen LogP contribution in [0.5, 0.6) is 0 Å². The molecule has 2 amide bonds. The van der Waals surface area contributed by atoms with E-state index in [9.17, 15) is 22.4 Å². The minimum atomic E-state index is -4.82. The Morgan fingerprint density at radius 1 is 1.31 bits per heavy atom. The summed E-state index contributed by atoms with van der Waals surface area (Å²) in [5, 5.41) is 13.5. The third-order valence-corrected chi connectivity index (χ3v) is 3.53. The number of hydrogen-bond acceptors (Lipinski definition) is 3. The van der Waals surface area contributed by atoms with Gasteiger partial charge >= 0.3 is 12.2 Å². The first kappa shape index (κ1) is 19.2. The van der Waals surface area contributed by atoms with Gasteiger partial charge in [0.1, 0.15) is 11.9 Å². The molecule has 1 atom stereocenters. The summed E-state index contributed by atoms with van der Waals surface area (Å²) in [6.45, 7) is 1.41. The highest BCUT2D eigenvalue weighted by molar-refractivity contribution is 5.74. The molecule has 5 nitrogen and oxygen atoms in total. The van der Waals surface area contributed by atoms with E-state index in [-0.39, 0.29) is 12.1 Å². The maximum Gasteiger partial charge on any atom is 0.419 e. The van der Waals surface area contributed by atoms with E-state index < -0.39 is 29.6 Å². The van der Waals surface area contributed by atoms with Crippen LogP contribution in [0.2, 0.25) is 0 Å². The molecule has 0 aliphatic heterocycles. The zero-order valence-electron chi connectivity index (χ0n) is 13.6. The molecule has 1 aromatic carbocycles. The van der Waals surface area contributed by atoms with Crippen molar-refractivity contribution >= 4 is 6.03 Å². The van der Waals surface area contributed by atoms with E-state index in [2.05, 4.69) is 15.6 Å². The quantitative estimate of drug-likeness (QED) is 0.811. The molecule has 0 saturated heterocycles. The largest absolute Gasteiger partial charge is 0.419 e. The molecule has 1 heterocycles. The number of aromatic nitrogens is 1. The summed E-state index contributed by atoms with van der Waals surface area (Å²) in [5.41, 5.74) is -0.804. The Hall–Kier alpha value is -3.15. The van der Waals surface area contributed by atoms with Gasteiger partial charge in [0.2, 0.25) is 0 Å². The van der Waals surface area contributed by atoms with Crippen LogP contribution >= 0.6 is 0 Å². The molecule has 0 radical (unpaired) electrons. The first-order valence-electron chi connectivity index (χ1n) is 7.47. The number of carbonyl (C=O) groups excluding carboxylic acids is 1. The van der Waals surface area contributed by atoms with Crippen molar-refractivity contribution in [3.8, 4) is 6.07 Å². The van der Waals surface area contributed by atoms with Gasteiger partial charge in [0.25, 0.3) is 0 Å². The minimum Gasteiger partial charge on any atom is -0.332 e. The standard InChI is InChI=1S/C17H14F4N4O/c1-10(13-3-2-4-14(15(13)18)17(19,20)21)25-16(26)24-9-12-6-5-11(7-22)8-23-12/h2-6,8,10H,9H2,1H3,(H2,24,25,26)/t10-/m0/s1. The number of nitrogens with zero attached hydrogens (tertiary/aromatic N) is 2. The molecule has 26 heavy (non-hydrogen) atoms. The zero-order valence-corrected chi connectivity index (χ0v) is 13.6. The normalized spacial score (nSPS) is 12.2. The number of halogens is 4. The molecule has 0 bridgehead atoms. The molecule has 136 valence electrons. The van der Waals surface area contributed by atoms with E-state index in [0.29, 0.717) is 17.3 Å². The van der Waals surface area contributed by atoms with Gasteiger partial charge in [-0.2, -0.15) is 18.4 Å². The van der Waals surface area contributed by atoms with E-state index in [1.807, 2.05) is 6.07 Å². The van der Waals surface area contributed by atoms with Crippen molar-refractivity contribution in [2.75, 3.05) is 0 Å². The first-order valence-corrected chi connectivity index (χ1v) is 7.47. The number of benzene rings is 1. The smallest absolute Gasteiger partial charge is 0.332 e. The van der Waals surface area contributed by atoms with Crippen LogP contribution in [0.25, 0.3) is 0 Å². The van der Waals surface area contributed by atoms with Crippen LogP contribution in [0.15, 0.2) is 36.5 Å². The molecule has 2 N–H and O–H groups in total. The predicted molar refractivity (Wildman–Crippen MR) is 84.1 cm³/mol. The lowest BCUT2D eigenvalue weighted by atomic mass is 10.0. The highest BCUT2D eigenvalue weighted by Crippen LogP contribution is 2.33. The van der Waals surface area contributed by atoms with Crippen LogP contribution in [0, 0.1) is 17.1 Å². The number of carbonyl (C=O) groups is 1. The van der Waals surface area contributed by atoms with E-state index in [1.54, 1.807) is 6.07 Å². The number of amides is 2. The first-order chi connectivity index (χ1) is 12.2.